The number of rotatable bonds is 5. The number of nitrogens with one attached hydrogen (secondary N) is 1. The summed E-state index contributed by atoms with van der Waals surface area (Å²) in [6.45, 7) is 4.38. The summed E-state index contributed by atoms with van der Waals surface area (Å²) >= 11 is 5.93. The molecule has 1 amide bonds. The third kappa shape index (κ3) is 4.51. The summed E-state index contributed by atoms with van der Waals surface area (Å²) in [5, 5.41) is 0.580. The number of nitrogens with zero attached hydrogens (tertiary/aromatic N) is 1. The highest BCUT2D eigenvalue weighted by Gasteiger charge is 2.26. The zero-order valence-corrected chi connectivity index (χ0v) is 18.9. The third-order valence-electron chi connectivity index (χ3n) is 5.48. The van der Waals surface area contributed by atoms with Gasteiger partial charge in [0.05, 0.1) is 4.90 Å². The molecule has 0 unspecified atom stereocenters. The number of aryl methyl sites for hydroxylation is 2. The lowest BCUT2D eigenvalue weighted by Crippen LogP contribution is -2.29. The maximum Gasteiger partial charge on any atom is 0.258 e. The normalized spacial score (nSPS) is 13.3. The third-order valence-corrected chi connectivity index (χ3v) is 7.28. The highest BCUT2D eigenvalue weighted by atomic mass is 35.5. The van der Waals surface area contributed by atoms with Crippen molar-refractivity contribution in [1.82, 2.24) is 4.72 Å². The van der Waals surface area contributed by atoms with Gasteiger partial charge in [0.1, 0.15) is 0 Å². The van der Waals surface area contributed by atoms with Crippen molar-refractivity contribution < 1.29 is 13.2 Å². The van der Waals surface area contributed by atoms with Crippen LogP contribution in [0.1, 0.15) is 32.6 Å². The van der Waals surface area contributed by atoms with Crippen molar-refractivity contribution in [3.05, 3.63) is 93.5 Å². The lowest BCUT2D eigenvalue weighted by molar-refractivity contribution is 0.0989. The Morgan fingerprint density at radius 2 is 1.77 bits per heavy atom. The Labute approximate surface area is 187 Å². The molecule has 0 aliphatic carbocycles. The Morgan fingerprint density at radius 3 is 2.52 bits per heavy atom. The van der Waals surface area contributed by atoms with Gasteiger partial charge in [-0.05, 0) is 78.9 Å². The van der Waals surface area contributed by atoms with Gasteiger partial charge >= 0.3 is 0 Å². The summed E-state index contributed by atoms with van der Waals surface area (Å²) in [4.78, 5) is 15.0. The predicted octanol–water partition coefficient (Wildman–Crippen LogP) is 4.64. The number of anilines is 1. The summed E-state index contributed by atoms with van der Waals surface area (Å²) in [6, 6.07) is 18.0. The average molecular weight is 455 g/mol. The van der Waals surface area contributed by atoms with E-state index in [1.165, 1.54) is 0 Å². The standard InChI is InChI=1S/C24H23ClN2O3S/c1-16-3-4-17(2)23(13-16)31(29,30)26-15-18-5-6-19-11-12-27(22(19)14-18)24(28)20-7-9-21(25)10-8-20/h3-10,13-14,26H,11-12,15H2,1-2H3. The largest absolute Gasteiger partial charge is 0.308 e. The Hall–Kier alpha value is -2.67. The second-order valence-electron chi connectivity index (χ2n) is 7.77. The van der Waals surface area contributed by atoms with Gasteiger partial charge in [-0.2, -0.15) is 0 Å². The van der Waals surface area contributed by atoms with Crippen LogP contribution in [0.3, 0.4) is 0 Å². The predicted molar refractivity (Wildman–Crippen MR) is 123 cm³/mol. The second kappa shape index (κ2) is 8.46. The lowest BCUT2D eigenvalue weighted by Gasteiger charge is -2.18. The number of benzene rings is 3. The number of fused-ring (bicyclic) bond motifs is 1. The molecule has 0 atom stereocenters. The minimum atomic E-state index is -3.65. The molecule has 5 nitrogen and oxygen atoms in total. The Morgan fingerprint density at radius 1 is 1.03 bits per heavy atom. The fourth-order valence-corrected chi connectivity index (χ4v) is 5.22. The Bertz CT molecular complexity index is 1250. The molecule has 3 aromatic rings. The summed E-state index contributed by atoms with van der Waals surface area (Å²) < 4.78 is 28.3. The first-order valence-electron chi connectivity index (χ1n) is 10.0. The molecular weight excluding hydrogens is 432 g/mol. The van der Waals surface area contributed by atoms with Crippen molar-refractivity contribution in [1.29, 1.82) is 0 Å². The van der Waals surface area contributed by atoms with Crippen LogP contribution in [0.2, 0.25) is 5.02 Å². The van der Waals surface area contributed by atoms with Gasteiger partial charge in [0.25, 0.3) is 5.91 Å². The zero-order chi connectivity index (χ0) is 22.2. The topological polar surface area (TPSA) is 66.5 Å². The van der Waals surface area contributed by atoms with E-state index < -0.39 is 10.0 Å². The fraction of sp³-hybridized carbons (Fsp3) is 0.208. The SMILES string of the molecule is Cc1ccc(C)c(S(=O)(=O)NCc2ccc3c(c2)N(C(=O)c2ccc(Cl)cc2)CC3)c1. The number of hydrogen-bond acceptors (Lipinski definition) is 3. The van der Waals surface area contributed by atoms with Crippen molar-refractivity contribution in [3.8, 4) is 0 Å². The molecule has 1 heterocycles. The van der Waals surface area contributed by atoms with E-state index in [0.717, 1.165) is 28.8 Å². The molecule has 0 fully saturated rings. The average Bonchev–Trinajstić information content (AvgIpc) is 3.17. The molecule has 0 bridgehead atoms. The van der Waals surface area contributed by atoms with E-state index >= 15 is 0 Å². The molecule has 1 aliphatic rings. The first-order valence-corrected chi connectivity index (χ1v) is 11.9. The fourth-order valence-electron chi connectivity index (χ4n) is 3.75. The van der Waals surface area contributed by atoms with Crippen molar-refractivity contribution >= 4 is 33.2 Å². The molecule has 0 saturated carbocycles. The molecule has 31 heavy (non-hydrogen) atoms. The van der Waals surface area contributed by atoms with Crippen LogP contribution in [-0.4, -0.2) is 20.9 Å². The molecule has 1 aliphatic heterocycles. The Kier molecular flexibility index (Phi) is 5.88. The summed E-state index contributed by atoms with van der Waals surface area (Å²) in [5.74, 6) is -0.0940. The molecule has 3 aromatic carbocycles. The van der Waals surface area contributed by atoms with Crippen molar-refractivity contribution in [2.75, 3.05) is 11.4 Å². The molecule has 1 N–H and O–H groups in total. The summed E-state index contributed by atoms with van der Waals surface area (Å²) in [5.41, 5.74) is 4.85. The van der Waals surface area contributed by atoms with Gasteiger partial charge < -0.3 is 4.90 Å². The molecule has 0 radical (unpaired) electrons. The first kappa shape index (κ1) is 21.6. The van der Waals surface area contributed by atoms with Gasteiger partial charge in [0.2, 0.25) is 10.0 Å². The van der Waals surface area contributed by atoms with Crippen LogP contribution in [0.25, 0.3) is 0 Å². The monoisotopic (exact) mass is 454 g/mol. The van der Waals surface area contributed by atoms with E-state index in [-0.39, 0.29) is 17.3 Å². The van der Waals surface area contributed by atoms with Gasteiger partial charge in [-0.25, -0.2) is 13.1 Å². The minimum absolute atomic E-state index is 0.0940. The van der Waals surface area contributed by atoms with Crippen LogP contribution in [0.5, 0.6) is 0 Å². The highest BCUT2D eigenvalue weighted by molar-refractivity contribution is 7.89. The number of sulfonamides is 1. The van der Waals surface area contributed by atoms with Crippen LogP contribution in [0.15, 0.2) is 65.6 Å². The summed E-state index contributed by atoms with van der Waals surface area (Å²) in [7, 11) is -3.65. The van der Waals surface area contributed by atoms with Gasteiger partial charge in [-0.1, -0.05) is 35.9 Å². The maximum absolute atomic E-state index is 13.0. The quantitative estimate of drug-likeness (QED) is 0.610. The molecular formula is C24H23ClN2O3S. The molecule has 7 heteroatoms. The van der Waals surface area contributed by atoms with Gasteiger partial charge in [0.15, 0.2) is 0 Å². The van der Waals surface area contributed by atoms with Crippen LogP contribution in [-0.2, 0) is 23.0 Å². The van der Waals surface area contributed by atoms with E-state index in [2.05, 4.69) is 4.72 Å². The molecule has 0 spiro atoms. The van der Waals surface area contributed by atoms with Crippen molar-refractivity contribution in [3.63, 3.8) is 0 Å². The van der Waals surface area contributed by atoms with Crippen molar-refractivity contribution in [2.24, 2.45) is 0 Å². The maximum atomic E-state index is 13.0. The van der Waals surface area contributed by atoms with E-state index in [4.69, 9.17) is 11.6 Å². The number of halogens is 1. The Balaban J connectivity index is 1.54. The second-order valence-corrected chi connectivity index (χ2v) is 9.94. The van der Waals surface area contributed by atoms with E-state index in [1.807, 2.05) is 31.2 Å². The smallest absolute Gasteiger partial charge is 0.258 e. The van der Waals surface area contributed by atoms with Crippen LogP contribution in [0, 0.1) is 13.8 Å². The molecule has 0 aromatic heterocycles. The van der Waals surface area contributed by atoms with Crippen LogP contribution >= 0.6 is 11.6 Å². The van der Waals surface area contributed by atoms with Crippen molar-refractivity contribution in [2.45, 2.75) is 31.7 Å². The molecule has 160 valence electrons. The molecule has 4 rings (SSSR count). The van der Waals surface area contributed by atoms with Crippen LogP contribution in [0.4, 0.5) is 5.69 Å². The first-order chi connectivity index (χ1) is 14.7. The van der Waals surface area contributed by atoms with Crippen LogP contribution < -0.4 is 9.62 Å². The number of hydrogen-bond donors (Lipinski definition) is 1. The number of carbonyl (C=O) groups is 1. The van der Waals surface area contributed by atoms with E-state index in [0.29, 0.717) is 22.7 Å². The summed E-state index contributed by atoms with van der Waals surface area (Å²) in [6.07, 6.45) is 0.767. The van der Waals surface area contributed by atoms with Gasteiger partial charge in [-0.15, -0.1) is 0 Å². The van der Waals surface area contributed by atoms with E-state index in [1.54, 1.807) is 48.2 Å². The van der Waals surface area contributed by atoms with E-state index in [9.17, 15) is 13.2 Å². The number of amides is 1. The number of carbonyl (C=O) groups excluding carboxylic acids is 1. The minimum Gasteiger partial charge on any atom is -0.308 e. The van der Waals surface area contributed by atoms with Gasteiger partial charge in [0, 0.05) is 29.4 Å². The zero-order valence-electron chi connectivity index (χ0n) is 17.4. The van der Waals surface area contributed by atoms with Gasteiger partial charge in [-0.3, -0.25) is 4.79 Å². The molecule has 0 saturated heterocycles. The highest BCUT2D eigenvalue weighted by Crippen LogP contribution is 2.31. The lowest BCUT2D eigenvalue weighted by atomic mass is 10.1.